The van der Waals surface area contributed by atoms with E-state index < -0.39 is 0 Å². The SMILES string of the molecule is CCCCC1=C(c2cc(CCCC)c(CCCC)c(CCCC)c2)[N+](=[N-])C(c2cc(CCCC)c(CCCC)c(CCCC)c2)=C1.CCCCCCCCCCCCCCCCCCCCCCCCCC[CH2][Ni][CH2]CCCCCCCCCCCCCCCCCCCCCCCCCC. The normalized spacial score (nSPS) is 12.4. The number of hydrogen-bond acceptors (Lipinski definition) is 0. The minimum atomic E-state index is 0.971. The Bertz CT molecular complexity index is 2100. The Labute approximate surface area is 641 Å². The van der Waals surface area contributed by atoms with E-state index in [9.17, 15) is 5.53 Å². The second kappa shape index (κ2) is 72.2. The minimum absolute atomic E-state index is 0.971. The molecule has 1 heterocycles. The van der Waals surface area contributed by atoms with Gasteiger partial charge in [0, 0.05) is 22.8 Å². The van der Waals surface area contributed by atoms with Crippen molar-refractivity contribution in [1.29, 1.82) is 0 Å². The van der Waals surface area contributed by atoms with E-state index in [4.69, 9.17) is 0 Å². The third-order valence-electron chi connectivity index (χ3n) is 22.7. The first-order valence-electron chi connectivity index (χ1n) is 46.6. The van der Waals surface area contributed by atoms with Crippen LogP contribution in [0.25, 0.3) is 16.9 Å². The fourth-order valence-electron chi connectivity index (χ4n) is 15.9. The summed E-state index contributed by atoms with van der Waals surface area (Å²) in [7, 11) is 0. The van der Waals surface area contributed by atoms with Gasteiger partial charge in [-0.2, -0.15) is 0 Å². The molecule has 0 fully saturated rings. The summed E-state index contributed by atoms with van der Waals surface area (Å²) >= 11 is 2.05. The van der Waals surface area contributed by atoms with Crippen molar-refractivity contribution in [2.75, 3.05) is 0 Å². The van der Waals surface area contributed by atoms with Crippen molar-refractivity contribution >= 4 is 11.4 Å². The van der Waals surface area contributed by atoms with Crippen molar-refractivity contribution in [3.63, 3.8) is 0 Å². The molecule has 0 bridgehead atoms. The van der Waals surface area contributed by atoms with E-state index >= 15 is 0 Å². The molecular formula is C98H178N2Ni. The van der Waals surface area contributed by atoms with Crippen molar-refractivity contribution in [2.45, 2.75) is 529 Å². The van der Waals surface area contributed by atoms with Crippen molar-refractivity contribution in [3.05, 3.63) is 86.0 Å². The monoisotopic (exact) mass is 1440 g/mol. The van der Waals surface area contributed by atoms with Crippen molar-refractivity contribution in [1.82, 2.24) is 0 Å². The third-order valence-corrected chi connectivity index (χ3v) is 24.1. The molecule has 1 aliphatic rings. The summed E-state index contributed by atoms with van der Waals surface area (Å²) in [5.41, 5.74) is 27.2. The molecule has 0 spiro atoms. The van der Waals surface area contributed by atoms with E-state index in [0.29, 0.717) is 0 Å². The van der Waals surface area contributed by atoms with Gasteiger partial charge in [0.25, 0.3) is 0 Å². The van der Waals surface area contributed by atoms with Crippen molar-refractivity contribution < 1.29 is 19.1 Å². The molecule has 0 N–H and O–H groups in total. The predicted molar refractivity (Wildman–Crippen MR) is 454 cm³/mol. The van der Waals surface area contributed by atoms with Gasteiger partial charge in [0.05, 0.1) is 0 Å². The van der Waals surface area contributed by atoms with Crippen LogP contribution < -0.4 is 0 Å². The Morgan fingerprint density at radius 2 is 0.426 bits per heavy atom. The zero-order valence-corrected chi connectivity index (χ0v) is 71.2. The fraction of sp³-hybridized carbons (Fsp3) is 0.837. The van der Waals surface area contributed by atoms with Crippen LogP contribution in [0.4, 0.5) is 0 Å². The van der Waals surface area contributed by atoms with Crippen molar-refractivity contribution in [3.8, 4) is 0 Å². The average molecular weight is 1440 g/mol. The molecule has 3 rings (SSSR count). The molecule has 3 heteroatoms. The van der Waals surface area contributed by atoms with Crippen LogP contribution in [0.3, 0.4) is 0 Å². The van der Waals surface area contributed by atoms with Crippen LogP contribution in [-0.2, 0) is 53.0 Å². The van der Waals surface area contributed by atoms with Crippen LogP contribution in [-0.4, -0.2) is 4.70 Å². The van der Waals surface area contributed by atoms with Gasteiger partial charge in [0.15, 0.2) is 0 Å². The van der Waals surface area contributed by atoms with E-state index in [1.54, 1.807) is 15.8 Å². The molecule has 0 saturated heterocycles. The van der Waals surface area contributed by atoms with Crippen LogP contribution >= 0.6 is 0 Å². The quantitative estimate of drug-likeness (QED) is 0.0358. The van der Waals surface area contributed by atoms with Gasteiger partial charge in [-0.05, 0) is 148 Å². The number of allylic oxidation sites excluding steroid dienone is 2. The third kappa shape index (κ3) is 50.3. The number of rotatable bonds is 75. The Hall–Kier alpha value is -1.99. The van der Waals surface area contributed by atoms with Gasteiger partial charge in [-0.1, -0.05) is 287 Å². The molecule has 590 valence electrons. The maximum absolute atomic E-state index is 12.2. The number of nitrogens with zero attached hydrogens (tertiary/aromatic N) is 2. The molecule has 0 aromatic heterocycles. The number of benzene rings is 2. The topological polar surface area (TPSA) is 25.3 Å². The summed E-state index contributed by atoms with van der Waals surface area (Å²) in [6.45, 7) is 20.7. The molecule has 2 aromatic rings. The molecule has 2 nitrogen and oxygen atoms in total. The summed E-state index contributed by atoms with van der Waals surface area (Å²) < 4.78 is 1.59. The summed E-state index contributed by atoms with van der Waals surface area (Å²) in [5.74, 6) is 0. The van der Waals surface area contributed by atoms with E-state index in [1.807, 2.05) is 0 Å². The molecule has 101 heavy (non-hydrogen) atoms. The molecule has 1 aliphatic heterocycles. The first-order chi connectivity index (χ1) is 49.9. The predicted octanol–water partition coefficient (Wildman–Crippen LogP) is 35.2. The first kappa shape index (κ1) is 95.1. The van der Waals surface area contributed by atoms with Gasteiger partial charge in [0.1, 0.15) is 0 Å². The molecule has 2 aromatic carbocycles. The van der Waals surface area contributed by atoms with Gasteiger partial charge < -0.3 is 5.53 Å². The van der Waals surface area contributed by atoms with Crippen molar-refractivity contribution in [2.24, 2.45) is 0 Å². The average Bonchev–Trinajstić information content (AvgIpc) is 1.38. The van der Waals surface area contributed by atoms with Crippen LogP contribution in [0.15, 0.2) is 35.9 Å². The second-order valence-electron chi connectivity index (χ2n) is 32.4. The van der Waals surface area contributed by atoms with Crippen LogP contribution in [0.5, 0.6) is 0 Å². The van der Waals surface area contributed by atoms with Gasteiger partial charge in [-0.15, -0.1) is 0 Å². The Morgan fingerprint density at radius 1 is 0.228 bits per heavy atom. The summed E-state index contributed by atoms with van der Waals surface area (Å²) in [4.78, 5) is 0. The summed E-state index contributed by atoms with van der Waals surface area (Å²) in [6.07, 6.45) is 101. The number of unbranched alkanes of at least 4 members (excludes halogenated alkanes) is 55. The Kier molecular flexibility index (Phi) is 68.0. The summed E-state index contributed by atoms with van der Waals surface area (Å²) in [6, 6.07) is 9.81. The second-order valence-corrected chi connectivity index (χ2v) is 33.9. The smallest absolute Gasteiger partial charge is 0.0654 e. The molecule has 0 aliphatic carbocycles. The van der Waals surface area contributed by atoms with E-state index in [2.05, 4.69) is 107 Å². The number of aryl methyl sites for hydroxylation is 4. The Morgan fingerprint density at radius 3 is 0.663 bits per heavy atom. The molecular weight excluding hydrogens is 1260 g/mol. The van der Waals surface area contributed by atoms with Gasteiger partial charge in [-0.3, -0.25) is 0 Å². The summed E-state index contributed by atoms with van der Waals surface area (Å²) in [5, 5.41) is 2.87. The first-order valence-corrected chi connectivity index (χ1v) is 48.0. The molecule has 0 radical (unpaired) electrons. The molecule has 0 unspecified atom stereocenters. The fourth-order valence-corrected chi connectivity index (χ4v) is 17.1. The van der Waals surface area contributed by atoms with Crippen LogP contribution in [0.1, 0.15) is 524 Å². The van der Waals surface area contributed by atoms with E-state index in [1.165, 1.54) is 461 Å². The zero-order valence-electron chi connectivity index (χ0n) is 70.2. The molecule has 0 saturated carbocycles. The van der Waals surface area contributed by atoms with Crippen LogP contribution in [0, 0.1) is 0 Å². The van der Waals surface area contributed by atoms with Crippen LogP contribution in [0.2, 0.25) is 10.8 Å². The molecule has 0 amide bonds. The Balaban J connectivity index is 0.000000696. The van der Waals surface area contributed by atoms with E-state index in [0.717, 1.165) is 56.3 Å². The van der Waals surface area contributed by atoms with Gasteiger partial charge in [-0.25, -0.2) is 4.70 Å². The zero-order chi connectivity index (χ0) is 72.8. The standard InChI is InChI=1S/C44H68N2.2C27H55.Ni/c1-8-15-22-34-29-39(30-35(23-16-9-2)41(34)27-20-13-6)43-33-38(26-19-12-5)44(46(43)45)40-31-36(24-17-10-3)42(28-21-14-7)37(32-40)25-18-11-4;2*1-3-5-7-9-11-13-15-17-19-21-23-25-27-26-24-22-20-18-16-14-12-10-8-6-4-2;/h29-33H,8-28H2,1-7H3;2*1,3-27H2,2H3;. The minimum Gasteiger partial charge on any atom is -0.0654 e. The van der Waals surface area contributed by atoms with Gasteiger partial charge in [0.2, 0.25) is 11.4 Å². The maximum atomic E-state index is 12.2. The van der Waals surface area contributed by atoms with Gasteiger partial charge >= 0.3 is 166 Å². The number of hydrogen-bond donors (Lipinski definition) is 0. The van der Waals surface area contributed by atoms with E-state index in [-0.39, 0.29) is 0 Å². The molecule has 0 atom stereocenters.